The molecule has 2 amide bonds. The largest absolute Gasteiger partial charge is 0.508 e. The van der Waals surface area contributed by atoms with Gasteiger partial charge in [-0.15, -0.1) is 0 Å². The number of phenols is 1. The Kier molecular flexibility index (Phi) is 4.29. The van der Waals surface area contributed by atoms with Gasteiger partial charge in [0, 0.05) is 17.3 Å². The number of benzene rings is 1. The molecule has 7 rings (SSSR count). The lowest BCUT2D eigenvalue weighted by Crippen LogP contribution is -2.48. The molecule has 6 heteroatoms. The normalized spacial score (nSPS) is 32.6. The Morgan fingerprint density at radius 2 is 1.74 bits per heavy atom. The van der Waals surface area contributed by atoms with E-state index in [0.29, 0.717) is 10.7 Å². The number of pyridine rings is 1. The number of aromatic nitrogens is 1. The summed E-state index contributed by atoms with van der Waals surface area (Å²) in [5.74, 6) is 2.51. The van der Waals surface area contributed by atoms with Crippen molar-refractivity contribution in [3.63, 3.8) is 0 Å². The third-order valence-electron chi connectivity index (χ3n) is 7.63. The van der Waals surface area contributed by atoms with Crippen molar-refractivity contribution in [3.05, 3.63) is 52.6 Å². The summed E-state index contributed by atoms with van der Waals surface area (Å²) in [7, 11) is 0. The zero-order valence-electron chi connectivity index (χ0n) is 17.1. The van der Waals surface area contributed by atoms with Gasteiger partial charge < -0.3 is 5.11 Å². The molecule has 1 aromatic carbocycles. The molecule has 4 aliphatic carbocycles. The summed E-state index contributed by atoms with van der Waals surface area (Å²) in [6.45, 7) is 0. The number of rotatable bonds is 3. The van der Waals surface area contributed by atoms with Gasteiger partial charge in [0.2, 0.25) is 0 Å². The Hall–Kier alpha value is -2.60. The van der Waals surface area contributed by atoms with Crippen molar-refractivity contribution in [2.45, 2.75) is 43.9 Å². The number of nitrogens with one attached hydrogen (secondary N) is 1. The minimum atomic E-state index is -0.363. The van der Waals surface area contributed by atoms with Crippen LogP contribution in [-0.4, -0.2) is 21.2 Å². The summed E-state index contributed by atoms with van der Waals surface area (Å²) >= 11 is 0.906. The Bertz CT molecular complexity index is 1090. The molecule has 158 valence electrons. The van der Waals surface area contributed by atoms with Crippen LogP contribution in [0.4, 0.5) is 4.79 Å². The van der Waals surface area contributed by atoms with Crippen LogP contribution in [0.3, 0.4) is 0 Å². The van der Waals surface area contributed by atoms with Crippen LogP contribution < -0.4 is 5.32 Å². The number of carbonyl (C=O) groups excluding carboxylic acids is 2. The fourth-order valence-electron chi connectivity index (χ4n) is 6.79. The van der Waals surface area contributed by atoms with Gasteiger partial charge in [-0.3, -0.25) is 19.9 Å². The van der Waals surface area contributed by atoms with Crippen molar-refractivity contribution in [1.29, 1.82) is 0 Å². The molecule has 2 heterocycles. The maximum absolute atomic E-state index is 11.7. The molecular weight excluding hydrogens is 408 g/mol. The van der Waals surface area contributed by atoms with E-state index in [4.69, 9.17) is 0 Å². The first kappa shape index (κ1) is 19.1. The zero-order valence-corrected chi connectivity index (χ0v) is 18.0. The predicted molar refractivity (Wildman–Crippen MR) is 120 cm³/mol. The van der Waals surface area contributed by atoms with Crippen molar-refractivity contribution < 1.29 is 14.7 Å². The minimum absolute atomic E-state index is 0.124. The van der Waals surface area contributed by atoms with Gasteiger partial charge >= 0.3 is 0 Å². The topological polar surface area (TPSA) is 79.3 Å². The van der Waals surface area contributed by atoms with E-state index in [2.05, 4.69) is 16.4 Å². The first-order chi connectivity index (χ1) is 15.0. The number of hydrogen-bond donors (Lipinski definition) is 2. The van der Waals surface area contributed by atoms with E-state index in [0.717, 1.165) is 51.9 Å². The van der Waals surface area contributed by atoms with Gasteiger partial charge in [-0.1, -0.05) is 6.07 Å². The van der Waals surface area contributed by atoms with Crippen LogP contribution in [0.2, 0.25) is 0 Å². The molecule has 1 saturated heterocycles. The molecular formula is C25H24N2O3S. The van der Waals surface area contributed by atoms with Crippen LogP contribution in [0.5, 0.6) is 5.75 Å². The van der Waals surface area contributed by atoms with Gasteiger partial charge in [-0.2, -0.15) is 0 Å². The minimum Gasteiger partial charge on any atom is -0.508 e. The van der Waals surface area contributed by atoms with E-state index in [9.17, 15) is 14.7 Å². The molecule has 31 heavy (non-hydrogen) atoms. The second-order valence-electron chi connectivity index (χ2n) is 9.76. The van der Waals surface area contributed by atoms with E-state index in [1.807, 2.05) is 24.3 Å². The lowest BCUT2D eigenvalue weighted by Gasteiger charge is -2.57. The summed E-state index contributed by atoms with van der Waals surface area (Å²) in [4.78, 5) is 28.1. The summed E-state index contributed by atoms with van der Waals surface area (Å²) in [6, 6.07) is 9.75. The van der Waals surface area contributed by atoms with Crippen LogP contribution in [0.1, 0.15) is 49.7 Å². The zero-order chi connectivity index (χ0) is 21.2. The number of hydrogen-bond acceptors (Lipinski definition) is 5. The molecule has 2 N–H and O–H groups in total. The van der Waals surface area contributed by atoms with Crippen molar-refractivity contribution in [3.8, 4) is 17.0 Å². The van der Waals surface area contributed by atoms with Gasteiger partial charge in [0.15, 0.2) is 0 Å². The molecule has 1 aliphatic heterocycles. The molecule has 1 aromatic heterocycles. The van der Waals surface area contributed by atoms with E-state index in [1.165, 1.54) is 38.5 Å². The van der Waals surface area contributed by atoms with Crippen LogP contribution >= 0.6 is 11.8 Å². The van der Waals surface area contributed by atoms with E-state index < -0.39 is 0 Å². The lowest BCUT2D eigenvalue weighted by atomic mass is 9.48. The number of aromatic hydroxyl groups is 1. The second kappa shape index (κ2) is 6.95. The van der Waals surface area contributed by atoms with Crippen LogP contribution in [0.25, 0.3) is 17.3 Å². The average Bonchev–Trinajstić information content (AvgIpc) is 3.04. The van der Waals surface area contributed by atoms with Crippen LogP contribution in [-0.2, 0) is 10.2 Å². The summed E-state index contributed by atoms with van der Waals surface area (Å²) in [5.41, 5.74) is 3.85. The third kappa shape index (κ3) is 3.28. The molecule has 4 saturated carbocycles. The molecule has 0 radical (unpaired) electrons. The summed E-state index contributed by atoms with van der Waals surface area (Å²) in [6.07, 6.45) is 11.1. The summed E-state index contributed by atoms with van der Waals surface area (Å²) in [5, 5.41) is 12.7. The van der Waals surface area contributed by atoms with Gasteiger partial charge in [0.05, 0.1) is 10.6 Å². The number of amides is 2. The number of imide groups is 1. The fraction of sp³-hybridized carbons (Fsp3) is 0.400. The molecule has 5 aliphatic rings. The van der Waals surface area contributed by atoms with Crippen molar-refractivity contribution in [2.24, 2.45) is 17.8 Å². The molecule has 0 spiro atoms. The first-order valence-electron chi connectivity index (χ1n) is 11.0. The number of nitrogens with zero attached hydrogens (tertiary/aromatic N) is 1. The Balaban J connectivity index is 1.31. The Morgan fingerprint density at radius 1 is 1.03 bits per heavy atom. The molecule has 0 unspecified atom stereocenters. The monoisotopic (exact) mass is 432 g/mol. The average molecular weight is 433 g/mol. The standard InChI is InChI=1S/C25H24N2O3S/c28-21-4-2-18(9-19(21)25-10-15-5-16(11-25)7-17(6-15)12-25)20-3-1-14(13-26-20)8-22-23(29)27-24(30)31-22/h1-4,8-9,13,15-17,28H,5-7,10-12H2,(H,27,29,30). The van der Waals surface area contributed by atoms with Crippen LogP contribution in [0.15, 0.2) is 41.4 Å². The highest BCUT2D eigenvalue weighted by molar-refractivity contribution is 8.18. The second-order valence-corrected chi connectivity index (χ2v) is 10.8. The molecule has 2 aromatic rings. The van der Waals surface area contributed by atoms with Gasteiger partial charge in [-0.25, -0.2) is 0 Å². The third-order valence-corrected chi connectivity index (χ3v) is 8.44. The Labute approximate surface area is 185 Å². The molecule has 5 nitrogen and oxygen atoms in total. The van der Waals surface area contributed by atoms with Gasteiger partial charge in [0.25, 0.3) is 11.1 Å². The summed E-state index contributed by atoms with van der Waals surface area (Å²) < 4.78 is 0. The van der Waals surface area contributed by atoms with Crippen molar-refractivity contribution in [1.82, 2.24) is 10.3 Å². The number of phenolic OH excluding ortho intramolecular Hbond substituents is 1. The van der Waals surface area contributed by atoms with Crippen molar-refractivity contribution >= 4 is 29.0 Å². The van der Waals surface area contributed by atoms with E-state index >= 15 is 0 Å². The van der Waals surface area contributed by atoms with E-state index in [-0.39, 0.29) is 16.6 Å². The highest BCUT2D eigenvalue weighted by Crippen LogP contribution is 2.62. The maximum Gasteiger partial charge on any atom is 0.290 e. The Morgan fingerprint density at radius 3 is 2.32 bits per heavy atom. The predicted octanol–water partition coefficient (Wildman–Crippen LogP) is 5.25. The van der Waals surface area contributed by atoms with Crippen LogP contribution in [0, 0.1) is 17.8 Å². The smallest absolute Gasteiger partial charge is 0.290 e. The first-order valence-corrected chi connectivity index (χ1v) is 11.8. The maximum atomic E-state index is 11.7. The molecule has 4 bridgehead atoms. The number of thioether (sulfide) groups is 1. The van der Waals surface area contributed by atoms with Crippen molar-refractivity contribution in [2.75, 3.05) is 0 Å². The molecule has 5 fully saturated rings. The SMILES string of the molecule is O=C1NC(=O)C(=Cc2ccc(-c3ccc(O)c(C45CC6CC(CC(C6)C4)C5)c3)nc2)S1. The quantitative estimate of drug-likeness (QED) is 0.648. The highest BCUT2D eigenvalue weighted by atomic mass is 32.2. The highest BCUT2D eigenvalue weighted by Gasteiger charge is 2.52. The van der Waals surface area contributed by atoms with Gasteiger partial charge in [0.1, 0.15) is 5.75 Å². The van der Waals surface area contributed by atoms with Gasteiger partial charge in [-0.05, 0) is 109 Å². The van der Waals surface area contributed by atoms with E-state index in [1.54, 1.807) is 12.3 Å². The molecule has 0 atom stereocenters. The fourth-order valence-corrected chi connectivity index (χ4v) is 7.48. The lowest BCUT2D eigenvalue weighted by molar-refractivity contribution is -0.115. The number of carbonyl (C=O) groups is 2.